The third-order valence-corrected chi connectivity index (χ3v) is 4.11. The van der Waals surface area contributed by atoms with E-state index in [1.165, 1.54) is 13.2 Å². The summed E-state index contributed by atoms with van der Waals surface area (Å²) in [6, 6.07) is 15.5. The number of amides is 1. The molecule has 0 spiro atoms. The molecule has 0 aliphatic carbocycles. The van der Waals surface area contributed by atoms with Crippen molar-refractivity contribution in [2.24, 2.45) is 0 Å². The second-order valence-electron chi connectivity index (χ2n) is 6.07. The fourth-order valence-corrected chi connectivity index (χ4v) is 2.69. The fraction of sp³-hybridized carbons (Fsp3) is 0.190. The van der Waals surface area contributed by atoms with Crippen LogP contribution in [0.1, 0.15) is 15.9 Å². The van der Waals surface area contributed by atoms with Crippen molar-refractivity contribution in [3.63, 3.8) is 0 Å². The molecule has 0 unspecified atom stereocenters. The van der Waals surface area contributed by atoms with Crippen LogP contribution in [0.5, 0.6) is 5.75 Å². The number of nitrogens with one attached hydrogen (secondary N) is 1. The summed E-state index contributed by atoms with van der Waals surface area (Å²) in [6.45, 7) is 0.403. The molecular weight excluding hydrogens is 371 g/mol. The third kappa shape index (κ3) is 4.61. The molecule has 0 radical (unpaired) electrons. The molecule has 0 aliphatic rings. The Bertz CT molecular complexity index is 986. The van der Waals surface area contributed by atoms with Crippen molar-refractivity contribution in [2.45, 2.75) is 6.18 Å². The predicted octanol–water partition coefficient (Wildman–Crippen LogP) is 5.14. The second-order valence-corrected chi connectivity index (χ2v) is 6.07. The smallest absolute Gasteiger partial charge is 0.416 e. The van der Waals surface area contributed by atoms with Gasteiger partial charge in [-0.05, 0) is 41.1 Å². The average Bonchev–Trinajstić information content (AvgIpc) is 2.68. The first-order valence-electron chi connectivity index (χ1n) is 8.51. The lowest BCUT2D eigenvalue weighted by Gasteiger charge is -2.15. The maximum absolute atomic E-state index is 13.1. The number of alkyl halides is 3. The zero-order chi connectivity index (χ0) is 20.1. The van der Waals surface area contributed by atoms with Crippen molar-refractivity contribution in [2.75, 3.05) is 25.6 Å². The molecule has 3 aromatic rings. The molecular formula is C21H18F3NO3. The Hall–Kier alpha value is -3.06. The largest absolute Gasteiger partial charge is 0.489 e. The van der Waals surface area contributed by atoms with E-state index in [4.69, 9.17) is 9.47 Å². The van der Waals surface area contributed by atoms with Crippen molar-refractivity contribution in [1.29, 1.82) is 0 Å². The molecule has 0 saturated heterocycles. The zero-order valence-electron chi connectivity index (χ0n) is 15.0. The lowest BCUT2D eigenvalue weighted by molar-refractivity contribution is -0.137. The minimum absolute atomic E-state index is 0.0518. The average molecular weight is 389 g/mol. The van der Waals surface area contributed by atoms with E-state index in [2.05, 4.69) is 5.32 Å². The number of carbonyl (C=O) groups is 1. The highest BCUT2D eigenvalue weighted by molar-refractivity contribution is 6.07. The number of anilines is 1. The van der Waals surface area contributed by atoms with E-state index >= 15 is 0 Å². The van der Waals surface area contributed by atoms with E-state index in [0.717, 1.165) is 22.9 Å². The van der Waals surface area contributed by atoms with E-state index in [9.17, 15) is 18.0 Å². The summed E-state index contributed by atoms with van der Waals surface area (Å²) in [5, 5.41) is 4.34. The summed E-state index contributed by atoms with van der Waals surface area (Å²) in [5.41, 5.74) is -0.594. The minimum atomic E-state index is -4.53. The minimum Gasteiger partial charge on any atom is -0.489 e. The maximum atomic E-state index is 13.1. The number of carbonyl (C=O) groups excluding carboxylic acids is 1. The van der Waals surface area contributed by atoms with Crippen LogP contribution in [-0.4, -0.2) is 26.2 Å². The molecule has 3 rings (SSSR count). The van der Waals surface area contributed by atoms with E-state index in [0.29, 0.717) is 5.56 Å². The first-order chi connectivity index (χ1) is 13.4. The first kappa shape index (κ1) is 19.7. The molecule has 0 bridgehead atoms. The van der Waals surface area contributed by atoms with Crippen LogP contribution in [0.4, 0.5) is 18.9 Å². The summed E-state index contributed by atoms with van der Waals surface area (Å²) in [7, 11) is 1.48. The van der Waals surface area contributed by atoms with Gasteiger partial charge in [0.15, 0.2) is 0 Å². The summed E-state index contributed by atoms with van der Waals surface area (Å²) in [6.07, 6.45) is -4.53. The van der Waals surface area contributed by atoms with Crippen LogP contribution in [0.15, 0.2) is 60.7 Å². The lowest BCUT2D eigenvalue weighted by atomic mass is 10.1. The van der Waals surface area contributed by atoms with Gasteiger partial charge in [-0.15, -0.1) is 0 Å². The van der Waals surface area contributed by atoms with Gasteiger partial charge < -0.3 is 14.8 Å². The number of fused-ring (bicyclic) bond motifs is 1. The SMILES string of the molecule is COCCOc1ccc(C(F)(F)F)cc1NC(=O)c1ccc2ccccc2c1. The van der Waals surface area contributed by atoms with E-state index in [-0.39, 0.29) is 24.7 Å². The van der Waals surface area contributed by atoms with Crippen LogP contribution in [0, 0.1) is 0 Å². The number of ether oxygens (including phenoxy) is 2. The molecule has 28 heavy (non-hydrogen) atoms. The van der Waals surface area contributed by atoms with Gasteiger partial charge in [0.1, 0.15) is 12.4 Å². The van der Waals surface area contributed by atoms with E-state index < -0.39 is 17.6 Å². The van der Waals surface area contributed by atoms with Gasteiger partial charge in [-0.2, -0.15) is 13.2 Å². The Morgan fingerprint density at radius 1 is 0.964 bits per heavy atom. The maximum Gasteiger partial charge on any atom is 0.416 e. The normalized spacial score (nSPS) is 11.4. The molecule has 0 aromatic heterocycles. The Morgan fingerprint density at radius 3 is 2.43 bits per heavy atom. The molecule has 0 fully saturated rings. The Morgan fingerprint density at radius 2 is 1.71 bits per heavy atom. The van der Waals surface area contributed by atoms with Crippen molar-refractivity contribution in [1.82, 2.24) is 0 Å². The van der Waals surface area contributed by atoms with Gasteiger partial charge in [0.05, 0.1) is 17.9 Å². The van der Waals surface area contributed by atoms with Crippen LogP contribution in [-0.2, 0) is 10.9 Å². The van der Waals surface area contributed by atoms with Gasteiger partial charge in [0.25, 0.3) is 5.91 Å². The molecule has 3 aromatic carbocycles. The van der Waals surface area contributed by atoms with Gasteiger partial charge in [0.2, 0.25) is 0 Å². The molecule has 0 atom stereocenters. The summed E-state index contributed by atoms with van der Waals surface area (Å²) in [4.78, 5) is 12.6. The van der Waals surface area contributed by atoms with Gasteiger partial charge in [0, 0.05) is 12.7 Å². The van der Waals surface area contributed by atoms with Crippen LogP contribution in [0.3, 0.4) is 0 Å². The van der Waals surface area contributed by atoms with E-state index in [1.807, 2.05) is 24.3 Å². The molecule has 7 heteroatoms. The number of benzene rings is 3. The van der Waals surface area contributed by atoms with Crippen molar-refractivity contribution in [3.05, 3.63) is 71.8 Å². The molecule has 1 amide bonds. The standard InChI is InChI=1S/C21H18F3NO3/c1-27-10-11-28-19-9-8-17(21(22,23)24)13-18(19)25-20(26)16-7-6-14-4-2-3-5-15(14)12-16/h2-9,12-13H,10-11H2,1H3,(H,25,26). The lowest BCUT2D eigenvalue weighted by Crippen LogP contribution is -2.15. The molecule has 0 aliphatic heterocycles. The van der Waals surface area contributed by atoms with Crippen molar-refractivity contribution < 1.29 is 27.4 Å². The van der Waals surface area contributed by atoms with Crippen LogP contribution < -0.4 is 10.1 Å². The summed E-state index contributed by atoms with van der Waals surface area (Å²) in [5.74, 6) is -0.388. The highest BCUT2D eigenvalue weighted by atomic mass is 19.4. The van der Waals surface area contributed by atoms with E-state index in [1.54, 1.807) is 18.2 Å². The topological polar surface area (TPSA) is 47.6 Å². The Labute approximate surface area is 159 Å². The molecule has 4 nitrogen and oxygen atoms in total. The Balaban J connectivity index is 1.89. The third-order valence-electron chi connectivity index (χ3n) is 4.11. The number of hydrogen-bond acceptors (Lipinski definition) is 3. The van der Waals surface area contributed by atoms with Gasteiger partial charge in [-0.3, -0.25) is 4.79 Å². The number of rotatable bonds is 6. The summed E-state index contributed by atoms with van der Waals surface area (Å²) < 4.78 is 49.5. The second kappa shape index (κ2) is 8.31. The van der Waals surface area contributed by atoms with Crippen LogP contribution >= 0.6 is 0 Å². The number of hydrogen-bond donors (Lipinski definition) is 1. The van der Waals surface area contributed by atoms with Gasteiger partial charge in [-0.25, -0.2) is 0 Å². The Kier molecular flexibility index (Phi) is 5.84. The van der Waals surface area contributed by atoms with Gasteiger partial charge >= 0.3 is 6.18 Å². The monoisotopic (exact) mass is 389 g/mol. The number of methoxy groups -OCH3 is 1. The zero-order valence-corrected chi connectivity index (χ0v) is 15.0. The molecule has 0 heterocycles. The number of halogens is 3. The van der Waals surface area contributed by atoms with Crippen molar-refractivity contribution >= 4 is 22.4 Å². The molecule has 0 saturated carbocycles. The predicted molar refractivity (Wildman–Crippen MR) is 101 cm³/mol. The van der Waals surface area contributed by atoms with Gasteiger partial charge in [-0.1, -0.05) is 30.3 Å². The molecule has 1 N–H and O–H groups in total. The first-order valence-corrected chi connectivity index (χ1v) is 8.51. The van der Waals surface area contributed by atoms with Crippen LogP contribution in [0.2, 0.25) is 0 Å². The van der Waals surface area contributed by atoms with Crippen molar-refractivity contribution in [3.8, 4) is 5.75 Å². The summed E-state index contributed by atoms with van der Waals surface area (Å²) >= 11 is 0. The quantitative estimate of drug-likeness (QED) is 0.594. The highest BCUT2D eigenvalue weighted by Gasteiger charge is 2.31. The fourth-order valence-electron chi connectivity index (χ4n) is 2.69. The highest BCUT2D eigenvalue weighted by Crippen LogP contribution is 2.35. The molecule has 146 valence electrons. The van der Waals surface area contributed by atoms with Crippen LogP contribution in [0.25, 0.3) is 10.8 Å².